The van der Waals surface area contributed by atoms with Gasteiger partial charge in [0.2, 0.25) is 0 Å². The van der Waals surface area contributed by atoms with E-state index in [1.165, 1.54) is 6.07 Å². The monoisotopic (exact) mass is 330 g/mol. The molecule has 0 fully saturated rings. The number of amides is 1. The predicted molar refractivity (Wildman–Crippen MR) is 81.3 cm³/mol. The number of alkyl carbamates (subject to hydrolysis) is 1. The SMILES string of the molecule is CC[C@@H]1C[C@H](NC(=O)OC(C)C)c2cc(C(F)(F)F)ccc2N1. The molecule has 0 spiro atoms. The second kappa shape index (κ2) is 6.68. The average Bonchev–Trinajstić information content (AvgIpc) is 2.44. The summed E-state index contributed by atoms with van der Waals surface area (Å²) in [5.74, 6) is 0. The van der Waals surface area contributed by atoms with Gasteiger partial charge in [-0.15, -0.1) is 0 Å². The van der Waals surface area contributed by atoms with E-state index in [2.05, 4.69) is 10.6 Å². The molecular weight excluding hydrogens is 309 g/mol. The lowest BCUT2D eigenvalue weighted by atomic mass is 9.90. The molecule has 2 rings (SSSR count). The number of halogens is 3. The summed E-state index contributed by atoms with van der Waals surface area (Å²) in [5.41, 5.74) is 0.327. The molecule has 1 aliphatic rings. The Labute approximate surface area is 133 Å². The van der Waals surface area contributed by atoms with E-state index >= 15 is 0 Å². The van der Waals surface area contributed by atoms with Crippen molar-refractivity contribution in [2.45, 2.75) is 58.0 Å². The molecule has 1 amide bonds. The number of benzene rings is 1. The molecule has 0 saturated heterocycles. The van der Waals surface area contributed by atoms with Crippen molar-refractivity contribution in [2.75, 3.05) is 5.32 Å². The number of nitrogens with one attached hydrogen (secondary N) is 2. The van der Waals surface area contributed by atoms with Crippen molar-refractivity contribution in [3.63, 3.8) is 0 Å². The number of hydrogen-bond acceptors (Lipinski definition) is 3. The maximum Gasteiger partial charge on any atom is 0.416 e. The van der Waals surface area contributed by atoms with Crippen molar-refractivity contribution in [3.05, 3.63) is 29.3 Å². The van der Waals surface area contributed by atoms with Crippen LogP contribution in [-0.4, -0.2) is 18.2 Å². The Kier molecular flexibility index (Phi) is 5.06. The minimum Gasteiger partial charge on any atom is -0.447 e. The van der Waals surface area contributed by atoms with Crippen LogP contribution in [0.25, 0.3) is 0 Å². The lowest BCUT2D eigenvalue weighted by Crippen LogP contribution is -2.38. The van der Waals surface area contributed by atoms with Gasteiger partial charge in [-0.05, 0) is 50.5 Å². The second-order valence-electron chi connectivity index (χ2n) is 5.94. The van der Waals surface area contributed by atoms with E-state index in [0.29, 0.717) is 17.7 Å². The molecule has 1 aromatic carbocycles. The number of carbonyl (C=O) groups excluding carboxylic acids is 1. The number of ether oxygens (including phenoxy) is 1. The second-order valence-corrected chi connectivity index (χ2v) is 5.94. The summed E-state index contributed by atoms with van der Waals surface area (Å²) in [4.78, 5) is 11.8. The number of alkyl halides is 3. The van der Waals surface area contributed by atoms with Crippen LogP contribution in [0.5, 0.6) is 0 Å². The summed E-state index contributed by atoms with van der Waals surface area (Å²) >= 11 is 0. The smallest absolute Gasteiger partial charge is 0.416 e. The Morgan fingerprint density at radius 2 is 2.13 bits per heavy atom. The van der Waals surface area contributed by atoms with E-state index < -0.39 is 23.9 Å². The van der Waals surface area contributed by atoms with E-state index in [0.717, 1.165) is 18.6 Å². The molecule has 0 aromatic heterocycles. The summed E-state index contributed by atoms with van der Waals surface area (Å²) < 4.78 is 43.8. The van der Waals surface area contributed by atoms with Gasteiger partial charge < -0.3 is 15.4 Å². The van der Waals surface area contributed by atoms with Crippen LogP contribution in [0.1, 0.15) is 50.8 Å². The first-order valence-electron chi connectivity index (χ1n) is 7.65. The highest BCUT2D eigenvalue weighted by atomic mass is 19.4. The fourth-order valence-electron chi connectivity index (χ4n) is 2.64. The van der Waals surface area contributed by atoms with Crippen LogP contribution in [0.15, 0.2) is 18.2 Å². The van der Waals surface area contributed by atoms with Crippen LogP contribution in [0.4, 0.5) is 23.7 Å². The highest BCUT2D eigenvalue weighted by Gasteiger charge is 2.34. The van der Waals surface area contributed by atoms with Crippen molar-refractivity contribution in [1.82, 2.24) is 5.32 Å². The third-order valence-corrected chi connectivity index (χ3v) is 3.76. The summed E-state index contributed by atoms with van der Waals surface area (Å²) in [7, 11) is 0. The molecule has 0 aliphatic carbocycles. The van der Waals surface area contributed by atoms with Gasteiger partial charge in [-0.2, -0.15) is 13.2 Å². The molecule has 1 heterocycles. The van der Waals surface area contributed by atoms with Crippen LogP contribution in [-0.2, 0) is 10.9 Å². The fourth-order valence-corrected chi connectivity index (χ4v) is 2.64. The molecule has 128 valence electrons. The molecule has 2 N–H and O–H groups in total. The van der Waals surface area contributed by atoms with Gasteiger partial charge in [0.15, 0.2) is 0 Å². The van der Waals surface area contributed by atoms with Crippen molar-refractivity contribution in [2.24, 2.45) is 0 Å². The van der Waals surface area contributed by atoms with E-state index in [1.807, 2.05) is 6.92 Å². The number of fused-ring (bicyclic) bond motifs is 1. The lowest BCUT2D eigenvalue weighted by molar-refractivity contribution is -0.137. The minimum absolute atomic E-state index is 0.0867. The van der Waals surface area contributed by atoms with Gasteiger partial charge in [-0.25, -0.2) is 4.79 Å². The Balaban J connectivity index is 2.30. The normalized spacial score (nSPS) is 20.7. The van der Waals surface area contributed by atoms with Crippen LogP contribution in [0.3, 0.4) is 0 Å². The van der Waals surface area contributed by atoms with Crippen LogP contribution >= 0.6 is 0 Å². The Morgan fingerprint density at radius 3 is 2.70 bits per heavy atom. The summed E-state index contributed by atoms with van der Waals surface area (Å²) in [5, 5.41) is 5.89. The molecule has 0 radical (unpaired) electrons. The van der Waals surface area contributed by atoms with Gasteiger partial charge in [-0.3, -0.25) is 0 Å². The summed E-state index contributed by atoms with van der Waals surface area (Å²) in [6, 6.07) is 3.14. The highest BCUT2D eigenvalue weighted by Crippen LogP contribution is 2.38. The highest BCUT2D eigenvalue weighted by molar-refractivity contribution is 5.69. The van der Waals surface area contributed by atoms with Crippen molar-refractivity contribution >= 4 is 11.8 Å². The van der Waals surface area contributed by atoms with Gasteiger partial charge in [0.05, 0.1) is 17.7 Å². The van der Waals surface area contributed by atoms with Gasteiger partial charge >= 0.3 is 12.3 Å². The van der Waals surface area contributed by atoms with Crippen LogP contribution in [0, 0.1) is 0 Å². The van der Waals surface area contributed by atoms with Crippen molar-refractivity contribution in [1.29, 1.82) is 0 Å². The number of anilines is 1. The molecule has 1 aromatic rings. The number of rotatable bonds is 3. The first-order chi connectivity index (χ1) is 10.7. The summed E-state index contributed by atoms with van der Waals surface area (Å²) in [6.07, 6.45) is -4.01. The van der Waals surface area contributed by atoms with Gasteiger partial charge in [0.25, 0.3) is 0 Å². The van der Waals surface area contributed by atoms with E-state index in [4.69, 9.17) is 4.74 Å². The zero-order valence-electron chi connectivity index (χ0n) is 13.3. The van der Waals surface area contributed by atoms with E-state index in [-0.39, 0.29) is 12.1 Å². The molecule has 2 atom stereocenters. The minimum atomic E-state index is -4.42. The van der Waals surface area contributed by atoms with Gasteiger partial charge in [-0.1, -0.05) is 6.92 Å². The first kappa shape index (κ1) is 17.4. The van der Waals surface area contributed by atoms with Gasteiger partial charge in [0, 0.05) is 11.7 Å². The van der Waals surface area contributed by atoms with E-state index in [1.54, 1.807) is 13.8 Å². The third-order valence-electron chi connectivity index (χ3n) is 3.76. The average molecular weight is 330 g/mol. The molecule has 4 nitrogen and oxygen atoms in total. The third kappa shape index (κ3) is 4.30. The molecule has 0 bridgehead atoms. The first-order valence-corrected chi connectivity index (χ1v) is 7.65. The molecular formula is C16H21F3N2O2. The van der Waals surface area contributed by atoms with Crippen molar-refractivity contribution < 1.29 is 22.7 Å². The zero-order chi connectivity index (χ0) is 17.2. The molecule has 0 unspecified atom stereocenters. The predicted octanol–water partition coefficient (Wildman–Crippen LogP) is 4.48. The Hall–Kier alpha value is -1.92. The van der Waals surface area contributed by atoms with E-state index in [9.17, 15) is 18.0 Å². The Bertz CT molecular complexity index is 573. The molecule has 7 heteroatoms. The summed E-state index contributed by atoms with van der Waals surface area (Å²) in [6.45, 7) is 5.41. The standard InChI is InChI=1S/C16H21F3N2O2/c1-4-11-8-14(21-15(22)23-9(2)3)12-7-10(16(17,18)19)5-6-13(12)20-11/h5-7,9,11,14,20H,4,8H2,1-3H3,(H,21,22)/t11-,14+/m1/s1. The number of carbonyl (C=O) groups is 1. The van der Waals surface area contributed by atoms with Crippen LogP contribution in [0.2, 0.25) is 0 Å². The molecule has 23 heavy (non-hydrogen) atoms. The quantitative estimate of drug-likeness (QED) is 0.859. The Morgan fingerprint density at radius 1 is 1.43 bits per heavy atom. The molecule has 0 saturated carbocycles. The maximum atomic E-state index is 12.9. The number of hydrogen-bond donors (Lipinski definition) is 2. The van der Waals surface area contributed by atoms with Crippen LogP contribution < -0.4 is 10.6 Å². The van der Waals surface area contributed by atoms with Gasteiger partial charge in [0.1, 0.15) is 0 Å². The lowest BCUT2D eigenvalue weighted by Gasteiger charge is -2.33. The fraction of sp³-hybridized carbons (Fsp3) is 0.562. The zero-order valence-corrected chi connectivity index (χ0v) is 13.3. The topological polar surface area (TPSA) is 50.4 Å². The maximum absolute atomic E-state index is 12.9. The largest absolute Gasteiger partial charge is 0.447 e. The molecule has 1 aliphatic heterocycles. The van der Waals surface area contributed by atoms with Crippen molar-refractivity contribution in [3.8, 4) is 0 Å².